The molecule has 1 aliphatic rings. The predicted molar refractivity (Wildman–Crippen MR) is 114 cm³/mol. The minimum atomic E-state index is -0.314. The summed E-state index contributed by atoms with van der Waals surface area (Å²) in [6.07, 6.45) is 0.765. The lowest BCUT2D eigenvalue weighted by atomic mass is 9.83. The maximum absolute atomic E-state index is 13.5. The standard InChI is InChI=1S/C24H21FN4O2/c1-13(2)22-21(14-7-9-16(25)10-8-14)24-27-26-23-18(29(24)28-22)11-15(12-20(23)31)17-5-3-4-6-19(17)30/h3-10,13,15,30H,11-12H2,1-2H3/t15-/m0/s1. The first-order valence-corrected chi connectivity index (χ1v) is 10.3. The summed E-state index contributed by atoms with van der Waals surface area (Å²) in [5.74, 6) is -0.336. The second-order valence-electron chi connectivity index (χ2n) is 8.24. The Morgan fingerprint density at radius 3 is 2.52 bits per heavy atom. The highest BCUT2D eigenvalue weighted by atomic mass is 19.1. The van der Waals surface area contributed by atoms with Crippen LogP contribution >= 0.6 is 0 Å². The largest absolute Gasteiger partial charge is 0.508 e. The zero-order valence-electron chi connectivity index (χ0n) is 17.2. The lowest BCUT2D eigenvalue weighted by Crippen LogP contribution is -2.24. The van der Waals surface area contributed by atoms with E-state index >= 15 is 0 Å². The Labute approximate surface area is 178 Å². The first kappa shape index (κ1) is 19.4. The van der Waals surface area contributed by atoms with Gasteiger partial charge in [-0.05, 0) is 41.7 Å². The average molecular weight is 416 g/mol. The van der Waals surface area contributed by atoms with Gasteiger partial charge in [0.2, 0.25) is 0 Å². The van der Waals surface area contributed by atoms with Crippen molar-refractivity contribution in [2.24, 2.45) is 0 Å². The van der Waals surface area contributed by atoms with Crippen molar-refractivity contribution in [2.75, 3.05) is 0 Å². The van der Waals surface area contributed by atoms with E-state index in [2.05, 4.69) is 10.2 Å². The van der Waals surface area contributed by atoms with E-state index in [9.17, 15) is 14.3 Å². The number of aromatic nitrogens is 4. The highest BCUT2D eigenvalue weighted by Gasteiger charge is 2.33. The van der Waals surface area contributed by atoms with Crippen molar-refractivity contribution in [3.8, 4) is 16.9 Å². The highest BCUT2D eigenvalue weighted by molar-refractivity contribution is 5.97. The van der Waals surface area contributed by atoms with E-state index in [0.717, 1.165) is 22.4 Å². The van der Waals surface area contributed by atoms with Gasteiger partial charge in [-0.3, -0.25) is 4.79 Å². The molecule has 0 spiro atoms. The molecule has 0 bridgehead atoms. The number of benzene rings is 2. The molecule has 1 atom stereocenters. The van der Waals surface area contributed by atoms with Crippen molar-refractivity contribution < 1.29 is 14.3 Å². The van der Waals surface area contributed by atoms with Crippen LogP contribution in [0.25, 0.3) is 16.8 Å². The lowest BCUT2D eigenvalue weighted by Gasteiger charge is -2.23. The number of para-hydroxylation sites is 1. The number of hydrogen-bond acceptors (Lipinski definition) is 5. The molecule has 6 nitrogen and oxygen atoms in total. The van der Waals surface area contributed by atoms with E-state index in [1.165, 1.54) is 12.1 Å². The van der Waals surface area contributed by atoms with Crippen LogP contribution in [0.15, 0.2) is 48.5 Å². The minimum Gasteiger partial charge on any atom is -0.508 e. The van der Waals surface area contributed by atoms with E-state index in [-0.39, 0.29) is 35.6 Å². The van der Waals surface area contributed by atoms with Crippen LogP contribution in [0.3, 0.4) is 0 Å². The van der Waals surface area contributed by atoms with Gasteiger partial charge in [0, 0.05) is 12.3 Å². The summed E-state index contributed by atoms with van der Waals surface area (Å²) in [7, 11) is 0. The summed E-state index contributed by atoms with van der Waals surface area (Å²) in [6, 6.07) is 13.3. The van der Waals surface area contributed by atoms with Gasteiger partial charge in [0.1, 0.15) is 11.6 Å². The van der Waals surface area contributed by atoms with E-state index in [0.29, 0.717) is 23.5 Å². The molecule has 2 aromatic heterocycles. The summed E-state index contributed by atoms with van der Waals surface area (Å²) in [6.45, 7) is 4.06. The molecule has 4 aromatic rings. The molecule has 5 rings (SSSR count). The Balaban J connectivity index is 1.71. The molecule has 0 aliphatic heterocycles. The zero-order chi connectivity index (χ0) is 21.7. The number of hydrogen-bond donors (Lipinski definition) is 1. The number of aromatic hydroxyl groups is 1. The van der Waals surface area contributed by atoms with Gasteiger partial charge in [0.25, 0.3) is 0 Å². The van der Waals surface area contributed by atoms with E-state index < -0.39 is 0 Å². The zero-order valence-corrected chi connectivity index (χ0v) is 17.2. The third-order valence-corrected chi connectivity index (χ3v) is 5.85. The maximum Gasteiger partial charge on any atom is 0.185 e. The Morgan fingerprint density at radius 2 is 1.81 bits per heavy atom. The van der Waals surface area contributed by atoms with Crippen molar-refractivity contribution in [1.82, 2.24) is 19.8 Å². The van der Waals surface area contributed by atoms with Crippen LogP contribution in [0, 0.1) is 5.82 Å². The number of phenols is 1. The van der Waals surface area contributed by atoms with Crippen LogP contribution in [-0.2, 0) is 6.42 Å². The van der Waals surface area contributed by atoms with Crippen molar-refractivity contribution >= 4 is 11.4 Å². The van der Waals surface area contributed by atoms with Crippen LogP contribution < -0.4 is 0 Å². The Hall–Kier alpha value is -3.61. The number of ketones is 1. The Morgan fingerprint density at radius 1 is 1.06 bits per heavy atom. The second-order valence-corrected chi connectivity index (χ2v) is 8.24. The molecule has 31 heavy (non-hydrogen) atoms. The fourth-order valence-corrected chi connectivity index (χ4v) is 4.34. The maximum atomic E-state index is 13.5. The topological polar surface area (TPSA) is 80.4 Å². The lowest BCUT2D eigenvalue weighted by molar-refractivity contribution is 0.0955. The van der Waals surface area contributed by atoms with Gasteiger partial charge < -0.3 is 5.11 Å². The molecule has 0 radical (unpaired) electrons. The van der Waals surface area contributed by atoms with Crippen molar-refractivity contribution in [3.05, 3.63) is 77.0 Å². The number of carbonyl (C=O) groups is 1. The van der Waals surface area contributed by atoms with Crippen molar-refractivity contribution in [2.45, 2.75) is 38.5 Å². The molecule has 0 unspecified atom stereocenters. The molecule has 156 valence electrons. The Bertz CT molecular complexity index is 1310. The fourth-order valence-electron chi connectivity index (χ4n) is 4.34. The van der Waals surface area contributed by atoms with Gasteiger partial charge in [-0.25, -0.2) is 8.91 Å². The monoisotopic (exact) mass is 416 g/mol. The molecule has 1 aliphatic carbocycles. The van der Waals surface area contributed by atoms with Crippen LogP contribution in [0.5, 0.6) is 5.75 Å². The van der Waals surface area contributed by atoms with Crippen LogP contribution in [0.4, 0.5) is 4.39 Å². The summed E-state index contributed by atoms with van der Waals surface area (Å²) >= 11 is 0. The number of phenolic OH excluding ortho intramolecular Hbond substituents is 1. The molecule has 7 heteroatoms. The quantitative estimate of drug-likeness (QED) is 0.525. The SMILES string of the molecule is CC(C)c1nn2c3c(nnc2c1-c1ccc(F)cc1)C(=O)C[C@@H](c1ccccc1O)C3. The molecule has 2 heterocycles. The van der Waals surface area contributed by atoms with Crippen LogP contribution in [-0.4, -0.2) is 30.7 Å². The number of nitrogens with zero attached hydrogens (tertiary/aromatic N) is 4. The van der Waals surface area contributed by atoms with Gasteiger partial charge in [-0.1, -0.05) is 44.2 Å². The highest BCUT2D eigenvalue weighted by Crippen LogP contribution is 2.38. The van der Waals surface area contributed by atoms with Crippen molar-refractivity contribution in [1.29, 1.82) is 0 Å². The number of halogens is 1. The summed E-state index contributed by atoms with van der Waals surface area (Å²) < 4.78 is 15.2. The summed E-state index contributed by atoms with van der Waals surface area (Å²) in [5.41, 5.74) is 4.69. The number of rotatable bonds is 3. The number of carbonyl (C=O) groups excluding carboxylic acids is 1. The van der Waals surface area contributed by atoms with Crippen LogP contribution in [0.1, 0.15) is 59.5 Å². The molecular formula is C24H21FN4O2. The van der Waals surface area contributed by atoms with Gasteiger partial charge in [0.05, 0.1) is 17.0 Å². The normalized spacial score (nSPS) is 16.1. The molecule has 0 amide bonds. The summed E-state index contributed by atoms with van der Waals surface area (Å²) in [4.78, 5) is 12.9. The number of Topliss-reactive ketones (excluding diaryl/α,β-unsaturated/α-hetero) is 1. The minimum absolute atomic E-state index is 0.0886. The van der Waals surface area contributed by atoms with Gasteiger partial charge >= 0.3 is 0 Å². The third-order valence-electron chi connectivity index (χ3n) is 5.85. The van der Waals surface area contributed by atoms with E-state index in [1.807, 2.05) is 26.0 Å². The van der Waals surface area contributed by atoms with Crippen molar-refractivity contribution in [3.63, 3.8) is 0 Å². The summed E-state index contributed by atoms with van der Waals surface area (Å²) in [5, 5.41) is 23.7. The molecule has 1 N–H and O–H groups in total. The number of fused-ring (bicyclic) bond motifs is 3. The third kappa shape index (κ3) is 3.17. The van der Waals surface area contributed by atoms with Gasteiger partial charge in [-0.15, -0.1) is 10.2 Å². The van der Waals surface area contributed by atoms with Gasteiger partial charge in [0.15, 0.2) is 17.1 Å². The average Bonchev–Trinajstić information content (AvgIpc) is 3.15. The van der Waals surface area contributed by atoms with Crippen LogP contribution in [0.2, 0.25) is 0 Å². The van der Waals surface area contributed by atoms with E-state index in [4.69, 9.17) is 5.10 Å². The van der Waals surface area contributed by atoms with E-state index in [1.54, 1.807) is 28.8 Å². The second kappa shape index (κ2) is 7.27. The molecule has 2 aromatic carbocycles. The molecule has 0 saturated carbocycles. The first-order chi connectivity index (χ1) is 14.9. The smallest absolute Gasteiger partial charge is 0.185 e. The first-order valence-electron chi connectivity index (χ1n) is 10.3. The Kier molecular flexibility index (Phi) is 4.54. The fraction of sp³-hybridized carbons (Fsp3) is 0.250. The predicted octanol–water partition coefficient (Wildman–Crippen LogP) is 4.67. The molecule has 0 saturated heterocycles. The molecule has 0 fully saturated rings. The molecular weight excluding hydrogens is 395 g/mol. The van der Waals surface area contributed by atoms with Gasteiger partial charge in [-0.2, -0.15) is 5.10 Å².